The van der Waals surface area contributed by atoms with Crippen molar-refractivity contribution in [1.82, 2.24) is 10.2 Å². The van der Waals surface area contributed by atoms with Gasteiger partial charge in [0.15, 0.2) is 0 Å². The van der Waals surface area contributed by atoms with Gasteiger partial charge in [-0.25, -0.2) is 0 Å². The van der Waals surface area contributed by atoms with Gasteiger partial charge in [0.2, 0.25) is 0 Å². The first-order valence-electron chi connectivity index (χ1n) is 6.46. The predicted molar refractivity (Wildman–Crippen MR) is 65.0 cm³/mol. The lowest BCUT2D eigenvalue weighted by Crippen LogP contribution is -2.40. The van der Waals surface area contributed by atoms with E-state index in [2.05, 4.69) is 30.3 Å². The van der Waals surface area contributed by atoms with E-state index in [1.165, 1.54) is 25.7 Å². The Morgan fingerprint density at radius 1 is 1.50 bits per heavy atom. The Kier molecular flexibility index (Phi) is 3.51. The summed E-state index contributed by atoms with van der Waals surface area (Å²) in [5.74, 6) is 0. The van der Waals surface area contributed by atoms with Crippen LogP contribution in [0.1, 0.15) is 39.0 Å². The molecule has 2 rings (SSSR count). The van der Waals surface area contributed by atoms with Crippen molar-refractivity contribution < 1.29 is 0 Å². The molecule has 2 saturated carbocycles. The third-order valence-electron chi connectivity index (χ3n) is 4.17. The summed E-state index contributed by atoms with van der Waals surface area (Å²) in [4.78, 5) is 2.48. The summed E-state index contributed by atoms with van der Waals surface area (Å²) in [5.41, 5.74) is 0.340. The van der Waals surface area contributed by atoms with Gasteiger partial charge in [-0.15, -0.1) is 0 Å². The molecule has 0 heterocycles. The van der Waals surface area contributed by atoms with E-state index in [1.807, 2.05) is 0 Å². The summed E-state index contributed by atoms with van der Waals surface area (Å²) in [7, 11) is 2.23. The largest absolute Gasteiger partial charge is 0.315 e. The summed E-state index contributed by atoms with van der Waals surface area (Å²) in [5, 5.41) is 12.3. The molecule has 16 heavy (non-hydrogen) atoms. The molecular formula is C13H23N3. The monoisotopic (exact) mass is 221 g/mol. The van der Waals surface area contributed by atoms with Crippen LogP contribution in [0.3, 0.4) is 0 Å². The van der Waals surface area contributed by atoms with Crippen LogP contribution in [-0.4, -0.2) is 37.1 Å². The lowest BCUT2D eigenvalue weighted by molar-refractivity contribution is 0.237. The molecule has 3 heteroatoms. The van der Waals surface area contributed by atoms with Crippen LogP contribution < -0.4 is 5.32 Å². The molecule has 0 aromatic heterocycles. The molecule has 0 saturated heterocycles. The van der Waals surface area contributed by atoms with Gasteiger partial charge in [-0.2, -0.15) is 5.26 Å². The minimum atomic E-state index is 0.340. The van der Waals surface area contributed by atoms with Gasteiger partial charge in [0.1, 0.15) is 0 Å². The fourth-order valence-corrected chi connectivity index (χ4v) is 2.29. The van der Waals surface area contributed by atoms with Crippen LogP contribution in [0.5, 0.6) is 0 Å². The average Bonchev–Trinajstić information content (AvgIpc) is 3.12. The molecule has 2 aliphatic rings. The van der Waals surface area contributed by atoms with Crippen molar-refractivity contribution >= 4 is 0 Å². The maximum atomic E-state index is 8.73. The zero-order chi connectivity index (χ0) is 11.6. The van der Waals surface area contributed by atoms with Crippen molar-refractivity contribution in [1.29, 1.82) is 5.26 Å². The van der Waals surface area contributed by atoms with Gasteiger partial charge in [0.25, 0.3) is 0 Å². The maximum Gasteiger partial charge on any atom is 0.0628 e. The number of nitriles is 1. The first-order valence-corrected chi connectivity index (χ1v) is 6.46. The highest BCUT2D eigenvalue weighted by Gasteiger charge is 2.42. The van der Waals surface area contributed by atoms with Gasteiger partial charge in [0.05, 0.1) is 6.07 Å². The van der Waals surface area contributed by atoms with E-state index in [-0.39, 0.29) is 0 Å². The second-order valence-corrected chi connectivity index (χ2v) is 5.71. The quantitative estimate of drug-likeness (QED) is 0.712. The van der Waals surface area contributed by atoms with Gasteiger partial charge >= 0.3 is 0 Å². The number of rotatable bonds is 7. The number of nitrogens with one attached hydrogen (secondary N) is 1. The van der Waals surface area contributed by atoms with Crippen molar-refractivity contribution in [2.75, 3.05) is 20.1 Å². The lowest BCUT2D eigenvalue weighted by Gasteiger charge is -2.25. The molecule has 0 radical (unpaired) electrons. The van der Waals surface area contributed by atoms with Gasteiger partial charge in [-0.1, -0.05) is 0 Å². The Morgan fingerprint density at radius 3 is 2.69 bits per heavy atom. The summed E-state index contributed by atoms with van der Waals surface area (Å²) in [6.07, 6.45) is 5.95. The molecule has 0 aliphatic heterocycles. The third kappa shape index (κ3) is 2.96. The van der Waals surface area contributed by atoms with Gasteiger partial charge < -0.3 is 5.32 Å². The summed E-state index contributed by atoms with van der Waals surface area (Å²) >= 11 is 0. The molecule has 1 unspecified atom stereocenters. The van der Waals surface area contributed by atoms with Crippen LogP contribution in [0.4, 0.5) is 0 Å². The first kappa shape index (κ1) is 11.9. The molecule has 90 valence electrons. The molecular weight excluding hydrogens is 198 g/mol. The van der Waals surface area contributed by atoms with Gasteiger partial charge in [0, 0.05) is 31.6 Å². The van der Waals surface area contributed by atoms with Crippen LogP contribution in [-0.2, 0) is 0 Å². The molecule has 1 N–H and O–H groups in total. The zero-order valence-electron chi connectivity index (χ0n) is 10.5. The molecule has 2 aliphatic carbocycles. The van der Waals surface area contributed by atoms with E-state index in [1.54, 1.807) is 0 Å². The highest BCUT2D eigenvalue weighted by molar-refractivity contribution is 5.00. The summed E-state index contributed by atoms with van der Waals surface area (Å²) in [6, 6.07) is 3.76. The second kappa shape index (κ2) is 4.73. The van der Waals surface area contributed by atoms with Crippen LogP contribution in [0, 0.1) is 16.7 Å². The fraction of sp³-hybridized carbons (Fsp3) is 0.923. The van der Waals surface area contributed by atoms with Crippen LogP contribution in [0.15, 0.2) is 0 Å². The molecule has 0 amide bonds. The fourth-order valence-electron chi connectivity index (χ4n) is 2.29. The Bertz CT molecular complexity index is 273. The van der Waals surface area contributed by atoms with E-state index in [4.69, 9.17) is 5.26 Å². The number of likely N-dealkylation sites (N-methyl/N-ethyl adjacent to an activating group) is 1. The van der Waals surface area contributed by atoms with E-state index in [9.17, 15) is 0 Å². The third-order valence-corrected chi connectivity index (χ3v) is 4.17. The van der Waals surface area contributed by atoms with Crippen LogP contribution in [0.25, 0.3) is 0 Å². The highest BCUT2D eigenvalue weighted by atomic mass is 15.2. The average molecular weight is 221 g/mol. The van der Waals surface area contributed by atoms with Crippen LogP contribution >= 0.6 is 0 Å². The van der Waals surface area contributed by atoms with E-state index in [0.717, 1.165) is 25.6 Å². The molecule has 0 aromatic carbocycles. The second-order valence-electron chi connectivity index (χ2n) is 5.71. The van der Waals surface area contributed by atoms with E-state index in [0.29, 0.717) is 11.5 Å². The lowest BCUT2D eigenvalue weighted by atomic mass is 10.0. The van der Waals surface area contributed by atoms with Crippen molar-refractivity contribution in [3.8, 4) is 6.07 Å². The van der Waals surface area contributed by atoms with Crippen LogP contribution in [0.2, 0.25) is 0 Å². The molecule has 2 fully saturated rings. The SMILES string of the molecule is CC(CNCC1(CC#N)CC1)N(C)C1CC1. The first-order chi connectivity index (χ1) is 7.67. The summed E-state index contributed by atoms with van der Waals surface area (Å²) < 4.78 is 0. The Balaban J connectivity index is 1.62. The molecule has 0 spiro atoms. The Morgan fingerprint density at radius 2 is 2.19 bits per heavy atom. The standard InChI is InChI=1S/C13H23N3/c1-11(16(2)12-3-4-12)9-15-10-13(5-6-13)7-8-14/h11-12,15H,3-7,9-10H2,1-2H3. The molecule has 1 atom stereocenters. The number of hydrogen-bond acceptors (Lipinski definition) is 3. The number of nitrogens with zero attached hydrogens (tertiary/aromatic N) is 2. The van der Waals surface area contributed by atoms with E-state index < -0.39 is 0 Å². The number of hydrogen-bond donors (Lipinski definition) is 1. The Hall–Kier alpha value is -0.590. The minimum absolute atomic E-state index is 0.340. The minimum Gasteiger partial charge on any atom is -0.315 e. The van der Waals surface area contributed by atoms with Gasteiger partial charge in [-0.05, 0) is 45.1 Å². The normalized spacial score (nSPS) is 24.1. The van der Waals surface area contributed by atoms with Crippen molar-refractivity contribution in [3.05, 3.63) is 0 Å². The zero-order valence-corrected chi connectivity index (χ0v) is 10.5. The van der Waals surface area contributed by atoms with Crippen molar-refractivity contribution in [2.24, 2.45) is 5.41 Å². The maximum absolute atomic E-state index is 8.73. The topological polar surface area (TPSA) is 39.1 Å². The van der Waals surface area contributed by atoms with Crippen molar-refractivity contribution in [2.45, 2.75) is 51.1 Å². The highest BCUT2D eigenvalue weighted by Crippen LogP contribution is 2.47. The molecule has 0 aromatic rings. The van der Waals surface area contributed by atoms with Gasteiger partial charge in [-0.3, -0.25) is 4.90 Å². The van der Waals surface area contributed by atoms with Crippen molar-refractivity contribution in [3.63, 3.8) is 0 Å². The Labute approximate surface area is 98.8 Å². The predicted octanol–water partition coefficient (Wildman–Crippen LogP) is 1.75. The van der Waals surface area contributed by atoms with E-state index >= 15 is 0 Å². The smallest absolute Gasteiger partial charge is 0.0628 e. The molecule has 3 nitrogen and oxygen atoms in total. The summed E-state index contributed by atoms with van der Waals surface area (Å²) in [6.45, 7) is 4.37. The molecule has 0 bridgehead atoms.